The van der Waals surface area contributed by atoms with Gasteiger partial charge in [0.2, 0.25) is 5.91 Å². The number of ether oxygens (including phenoxy) is 1. The highest BCUT2D eigenvalue weighted by Crippen LogP contribution is 2.27. The lowest BCUT2D eigenvalue weighted by Gasteiger charge is -2.39. The molecular weight excluding hydrogens is 376 g/mol. The van der Waals surface area contributed by atoms with Crippen molar-refractivity contribution in [2.24, 2.45) is 0 Å². The van der Waals surface area contributed by atoms with Crippen LogP contribution in [-0.4, -0.2) is 69.5 Å². The molecule has 8 nitrogen and oxygen atoms in total. The summed E-state index contributed by atoms with van der Waals surface area (Å²) in [6.07, 6.45) is 2.98. The predicted octanol–water partition coefficient (Wildman–Crippen LogP) is 2.07. The van der Waals surface area contributed by atoms with Gasteiger partial charge < -0.3 is 14.5 Å². The number of fused-ring (bicyclic) bond motifs is 1. The zero-order valence-corrected chi connectivity index (χ0v) is 16.3. The van der Waals surface area contributed by atoms with Crippen LogP contribution in [0.25, 0.3) is 17.0 Å². The van der Waals surface area contributed by atoms with Gasteiger partial charge in [0.15, 0.2) is 11.5 Å². The van der Waals surface area contributed by atoms with Gasteiger partial charge in [0, 0.05) is 30.6 Å². The molecule has 2 saturated heterocycles. The van der Waals surface area contributed by atoms with E-state index in [0.29, 0.717) is 32.0 Å². The Labute approximate surface area is 166 Å². The van der Waals surface area contributed by atoms with Gasteiger partial charge in [-0.25, -0.2) is 0 Å². The molecule has 3 aromatic rings. The van der Waals surface area contributed by atoms with E-state index < -0.39 is 0 Å². The lowest BCUT2D eigenvalue weighted by molar-refractivity contribution is -0.137. The van der Waals surface area contributed by atoms with E-state index in [4.69, 9.17) is 9.84 Å². The molecule has 0 aliphatic carbocycles. The van der Waals surface area contributed by atoms with E-state index in [1.54, 1.807) is 15.9 Å². The van der Waals surface area contributed by atoms with Crippen LogP contribution in [0.2, 0.25) is 0 Å². The molecule has 0 radical (unpaired) electrons. The topological polar surface area (TPSA) is 75.9 Å². The highest BCUT2D eigenvalue weighted by Gasteiger charge is 2.33. The van der Waals surface area contributed by atoms with Crippen LogP contribution in [0.5, 0.6) is 0 Å². The van der Waals surface area contributed by atoms with Crippen molar-refractivity contribution in [1.82, 2.24) is 24.7 Å². The molecule has 0 bridgehead atoms. The minimum absolute atomic E-state index is 0.169. The number of rotatable bonds is 3. The van der Waals surface area contributed by atoms with Crippen LogP contribution in [0.4, 0.5) is 5.82 Å². The highest BCUT2D eigenvalue weighted by atomic mass is 32.1. The molecule has 0 aromatic carbocycles. The SMILES string of the molecule is O=C(C1CCCCN1c1ccc2nnc(-c3ccsc3)n2n1)N1CCOCC1. The molecule has 2 fully saturated rings. The number of thiophene rings is 1. The van der Waals surface area contributed by atoms with Crippen molar-refractivity contribution in [3.63, 3.8) is 0 Å². The third kappa shape index (κ3) is 3.14. The second-order valence-corrected chi connectivity index (χ2v) is 7.92. The minimum atomic E-state index is -0.169. The van der Waals surface area contributed by atoms with Crippen molar-refractivity contribution in [1.29, 1.82) is 0 Å². The van der Waals surface area contributed by atoms with Crippen LogP contribution in [0.3, 0.4) is 0 Å². The van der Waals surface area contributed by atoms with Crippen molar-refractivity contribution in [3.05, 3.63) is 29.0 Å². The molecule has 3 aromatic heterocycles. The summed E-state index contributed by atoms with van der Waals surface area (Å²) in [5.74, 6) is 1.72. The third-order valence-corrected chi connectivity index (χ3v) is 6.12. The molecule has 1 unspecified atom stereocenters. The average molecular weight is 398 g/mol. The Balaban J connectivity index is 1.48. The van der Waals surface area contributed by atoms with Gasteiger partial charge >= 0.3 is 0 Å². The van der Waals surface area contributed by atoms with Crippen molar-refractivity contribution < 1.29 is 9.53 Å². The first-order valence-electron chi connectivity index (χ1n) is 9.69. The fourth-order valence-corrected chi connectivity index (χ4v) is 4.60. The van der Waals surface area contributed by atoms with Crippen molar-refractivity contribution in [2.45, 2.75) is 25.3 Å². The lowest BCUT2D eigenvalue weighted by Crippen LogP contribution is -2.54. The van der Waals surface area contributed by atoms with Crippen molar-refractivity contribution in [2.75, 3.05) is 37.7 Å². The van der Waals surface area contributed by atoms with Gasteiger partial charge in [-0.15, -0.1) is 15.3 Å². The summed E-state index contributed by atoms with van der Waals surface area (Å²) in [4.78, 5) is 17.3. The average Bonchev–Trinajstić information content (AvgIpc) is 3.43. The first-order chi connectivity index (χ1) is 13.8. The van der Waals surface area contributed by atoms with E-state index in [1.165, 1.54) is 0 Å². The number of aromatic nitrogens is 4. The molecule has 9 heteroatoms. The Kier molecular flexibility index (Phi) is 4.69. The number of morpholine rings is 1. The van der Waals surface area contributed by atoms with Gasteiger partial charge in [0.25, 0.3) is 0 Å². The van der Waals surface area contributed by atoms with E-state index in [1.807, 2.05) is 33.9 Å². The lowest BCUT2D eigenvalue weighted by atomic mass is 10.0. The summed E-state index contributed by atoms with van der Waals surface area (Å²) >= 11 is 1.62. The monoisotopic (exact) mass is 398 g/mol. The normalized spacial score (nSPS) is 20.6. The molecule has 0 N–H and O–H groups in total. The standard InChI is InChI=1S/C19H22N6O2S/c26-19(23-8-10-27-11-9-23)15-3-1-2-7-24(15)17-5-4-16-20-21-18(25(16)22-17)14-6-12-28-13-14/h4-6,12-13,15H,1-3,7-11H2. The number of hydrogen-bond donors (Lipinski definition) is 0. The molecule has 2 aliphatic heterocycles. The van der Waals surface area contributed by atoms with Crippen LogP contribution in [-0.2, 0) is 9.53 Å². The summed E-state index contributed by atoms with van der Waals surface area (Å²) < 4.78 is 7.18. The maximum absolute atomic E-state index is 13.2. The van der Waals surface area contributed by atoms with Gasteiger partial charge in [-0.2, -0.15) is 15.9 Å². The van der Waals surface area contributed by atoms with Crippen molar-refractivity contribution >= 4 is 28.7 Å². The van der Waals surface area contributed by atoms with E-state index >= 15 is 0 Å². The Bertz CT molecular complexity index is 966. The molecule has 5 heterocycles. The summed E-state index contributed by atoms with van der Waals surface area (Å²) in [5.41, 5.74) is 1.71. The van der Waals surface area contributed by atoms with Gasteiger partial charge in [-0.3, -0.25) is 4.79 Å². The summed E-state index contributed by atoms with van der Waals surface area (Å²) in [5, 5.41) is 17.4. The first kappa shape index (κ1) is 17.6. The molecule has 0 saturated carbocycles. The second kappa shape index (κ2) is 7.48. The second-order valence-electron chi connectivity index (χ2n) is 7.14. The summed E-state index contributed by atoms with van der Waals surface area (Å²) in [7, 11) is 0. The Morgan fingerprint density at radius 3 is 2.82 bits per heavy atom. The van der Waals surface area contributed by atoms with Crippen LogP contribution in [0.1, 0.15) is 19.3 Å². The van der Waals surface area contributed by atoms with Gasteiger partial charge in [0.05, 0.1) is 13.2 Å². The Hall–Kier alpha value is -2.52. The molecule has 1 atom stereocenters. The predicted molar refractivity (Wildman–Crippen MR) is 106 cm³/mol. The van der Waals surface area contributed by atoms with Gasteiger partial charge in [-0.05, 0) is 42.8 Å². The van der Waals surface area contributed by atoms with Crippen LogP contribution >= 0.6 is 11.3 Å². The number of anilines is 1. The number of carbonyl (C=O) groups is 1. The molecule has 28 heavy (non-hydrogen) atoms. The minimum Gasteiger partial charge on any atom is -0.378 e. The fourth-order valence-electron chi connectivity index (χ4n) is 3.96. The smallest absolute Gasteiger partial charge is 0.245 e. The third-order valence-electron chi connectivity index (χ3n) is 5.43. The van der Waals surface area contributed by atoms with Gasteiger partial charge in [-0.1, -0.05) is 0 Å². The quantitative estimate of drug-likeness (QED) is 0.672. The Morgan fingerprint density at radius 1 is 1.11 bits per heavy atom. The number of amides is 1. The molecule has 2 aliphatic rings. The zero-order chi connectivity index (χ0) is 18.9. The molecule has 1 amide bonds. The van der Waals surface area contributed by atoms with E-state index in [-0.39, 0.29) is 11.9 Å². The maximum Gasteiger partial charge on any atom is 0.245 e. The van der Waals surface area contributed by atoms with E-state index in [0.717, 1.165) is 43.0 Å². The van der Waals surface area contributed by atoms with Crippen LogP contribution in [0.15, 0.2) is 29.0 Å². The largest absolute Gasteiger partial charge is 0.378 e. The van der Waals surface area contributed by atoms with Gasteiger partial charge in [0.1, 0.15) is 11.9 Å². The maximum atomic E-state index is 13.2. The fraction of sp³-hybridized carbons (Fsp3) is 0.474. The molecular formula is C19H22N6O2S. The number of carbonyl (C=O) groups excluding carboxylic acids is 1. The zero-order valence-electron chi connectivity index (χ0n) is 15.5. The van der Waals surface area contributed by atoms with Crippen LogP contribution < -0.4 is 4.90 Å². The van der Waals surface area contributed by atoms with Crippen molar-refractivity contribution in [3.8, 4) is 11.4 Å². The first-order valence-corrected chi connectivity index (χ1v) is 10.6. The van der Waals surface area contributed by atoms with E-state index in [2.05, 4.69) is 15.1 Å². The Morgan fingerprint density at radius 2 is 2.00 bits per heavy atom. The molecule has 146 valence electrons. The summed E-state index contributed by atoms with van der Waals surface area (Å²) in [6.45, 7) is 3.41. The highest BCUT2D eigenvalue weighted by molar-refractivity contribution is 7.08. The number of hydrogen-bond acceptors (Lipinski definition) is 7. The van der Waals surface area contributed by atoms with Crippen LogP contribution in [0, 0.1) is 0 Å². The summed E-state index contributed by atoms with van der Waals surface area (Å²) in [6, 6.07) is 5.72. The number of nitrogens with zero attached hydrogens (tertiary/aromatic N) is 6. The van der Waals surface area contributed by atoms with E-state index in [9.17, 15) is 4.79 Å². The number of piperidine rings is 1. The molecule has 0 spiro atoms. The molecule has 5 rings (SSSR count).